The molecule has 164 valence electrons. The fourth-order valence-electron chi connectivity index (χ4n) is 3.54. The van der Waals surface area contributed by atoms with Crippen molar-refractivity contribution >= 4 is 11.9 Å². The molecule has 2 rings (SSSR count). The third-order valence-electron chi connectivity index (χ3n) is 5.27. The molecule has 0 bridgehead atoms. The van der Waals surface area contributed by atoms with Crippen LogP contribution in [0.3, 0.4) is 0 Å². The normalized spacial score (nSPS) is 12.5. The van der Waals surface area contributed by atoms with Crippen molar-refractivity contribution in [3.63, 3.8) is 0 Å². The van der Waals surface area contributed by atoms with E-state index in [2.05, 4.69) is 10.3 Å². The highest BCUT2D eigenvalue weighted by Crippen LogP contribution is 2.19. The van der Waals surface area contributed by atoms with Crippen LogP contribution in [0.1, 0.15) is 67.1 Å². The summed E-state index contributed by atoms with van der Waals surface area (Å²) in [4.78, 5) is 39.4. The zero-order valence-corrected chi connectivity index (χ0v) is 18.5. The van der Waals surface area contributed by atoms with Gasteiger partial charge in [0.2, 0.25) is 0 Å². The summed E-state index contributed by atoms with van der Waals surface area (Å²) in [7, 11) is 0. The van der Waals surface area contributed by atoms with Crippen molar-refractivity contribution in [3.05, 3.63) is 68.6 Å². The Balaban J connectivity index is 1.97. The lowest BCUT2D eigenvalue weighted by Crippen LogP contribution is -2.38. The summed E-state index contributed by atoms with van der Waals surface area (Å²) in [6.07, 6.45) is 1.09. The van der Waals surface area contributed by atoms with Gasteiger partial charge in [-0.15, -0.1) is 0 Å². The van der Waals surface area contributed by atoms with Crippen molar-refractivity contribution in [1.29, 1.82) is 5.26 Å². The molecule has 0 aliphatic carbocycles. The van der Waals surface area contributed by atoms with E-state index in [9.17, 15) is 14.4 Å². The molecule has 0 unspecified atom stereocenters. The van der Waals surface area contributed by atoms with Gasteiger partial charge in [-0.2, -0.15) is 5.26 Å². The second kappa shape index (κ2) is 11.1. The Bertz CT molecular complexity index is 1020. The summed E-state index contributed by atoms with van der Waals surface area (Å²) < 4.78 is 5.32. The SMILES string of the molecule is CCC[C@H](NC(=O)[C@@H](C)OC(=O)CCc1c(C)[nH]c(=O)c(C#N)c1C)c1ccccc1. The standard InChI is InChI=1S/C24H29N3O4/c1-5-9-21(18-10-7-6-8-11-18)27-23(29)17(4)31-22(28)13-12-19-15(2)20(14-25)24(30)26-16(19)3/h6-8,10-11,17,21H,5,9,12-13H2,1-4H3,(H,26,30)(H,27,29)/t17-,21+/m1/s1. The highest BCUT2D eigenvalue weighted by molar-refractivity contribution is 5.83. The van der Waals surface area contributed by atoms with Crippen LogP contribution in [-0.4, -0.2) is 23.0 Å². The molecule has 0 saturated carbocycles. The van der Waals surface area contributed by atoms with Crippen LogP contribution in [0.5, 0.6) is 0 Å². The van der Waals surface area contributed by atoms with E-state index < -0.39 is 17.6 Å². The minimum Gasteiger partial charge on any atom is -0.453 e. The van der Waals surface area contributed by atoms with E-state index in [4.69, 9.17) is 10.00 Å². The largest absolute Gasteiger partial charge is 0.453 e. The second-order valence-corrected chi connectivity index (χ2v) is 7.56. The Morgan fingerprint density at radius 3 is 2.52 bits per heavy atom. The van der Waals surface area contributed by atoms with E-state index in [0.717, 1.165) is 24.0 Å². The minimum absolute atomic E-state index is 0.0350. The molecular weight excluding hydrogens is 394 g/mol. The number of nitrogens with zero attached hydrogens (tertiary/aromatic N) is 1. The van der Waals surface area contributed by atoms with Gasteiger partial charge in [0.15, 0.2) is 6.10 Å². The quantitative estimate of drug-likeness (QED) is 0.601. The zero-order chi connectivity index (χ0) is 23.0. The molecule has 7 nitrogen and oxygen atoms in total. The highest BCUT2D eigenvalue weighted by Gasteiger charge is 2.22. The van der Waals surface area contributed by atoms with E-state index >= 15 is 0 Å². The maximum absolute atomic E-state index is 12.6. The number of amides is 1. The number of esters is 1. The van der Waals surface area contributed by atoms with Crippen molar-refractivity contribution in [2.24, 2.45) is 0 Å². The first kappa shape index (κ1) is 23.9. The average Bonchev–Trinajstić information content (AvgIpc) is 2.73. The van der Waals surface area contributed by atoms with Gasteiger partial charge in [0.25, 0.3) is 11.5 Å². The van der Waals surface area contributed by atoms with Gasteiger partial charge in [-0.1, -0.05) is 43.7 Å². The van der Waals surface area contributed by atoms with Crippen molar-refractivity contribution < 1.29 is 14.3 Å². The first-order valence-electron chi connectivity index (χ1n) is 10.5. The van der Waals surface area contributed by atoms with E-state index in [1.54, 1.807) is 20.8 Å². The summed E-state index contributed by atoms with van der Waals surface area (Å²) in [6.45, 7) is 7.01. The number of carbonyl (C=O) groups is 2. The summed E-state index contributed by atoms with van der Waals surface area (Å²) in [5, 5.41) is 12.1. The van der Waals surface area contributed by atoms with Crippen LogP contribution in [0, 0.1) is 25.2 Å². The third kappa shape index (κ3) is 6.29. The van der Waals surface area contributed by atoms with E-state index in [0.29, 0.717) is 17.7 Å². The van der Waals surface area contributed by atoms with Crippen LogP contribution in [-0.2, 0) is 20.7 Å². The molecule has 1 heterocycles. The van der Waals surface area contributed by atoms with Gasteiger partial charge in [0, 0.05) is 12.1 Å². The zero-order valence-electron chi connectivity index (χ0n) is 18.5. The van der Waals surface area contributed by atoms with Gasteiger partial charge in [-0.05, 0) is 50.3 Å². The fraction of sp³-hybridized carbons (Fsp3) is 0.417. The molecule has 0 saturated heterocycles. The van der Waals surface area contributed by atoms with Gasteiger partial charge in [-0.25, -0.2) is 0 Å². The first-order valence-corrected chi connectivity index (χ1v) is 10.5. The summed E-state index contributed by atoms with van der Waals surface area (Å²) >= 11 is 0. The second-order valence-electron chi connectivity index (χ2n) is 7.56. The van der Waals surface area contributed by atoms with E-state index in [1.807, 2.05) is 43.3 Å². The van der Waals surface area contributed by atoms with Crippen molar-refractivity contribution in [2.75, 3.05) is 0 Å². The molecule has 1 aromatic heterocycles. The van der Waals surface area contributed by atoms with Crippen LogP contribution < -0.4 is 10.9 Å². The van der Waals surface area contributed by atoms with E-state index in [1.165, 1.54) is 0 Å². The van der Waals surface area contributed by atoms with Gasteiger partial charge >= 0.3 is 5.97 Å². The number of aromatic nitrogens is 1. The molecule has 0 fully saturated rings. The van der Waals surface area contributed by atoms with Crippen molar-refractivity contribution in [1.82, 2.24) is 10.3 Å². The highest BCUT2D eigenvalue weighted by atomic mass is 16.5. The predicted octanol–water partition coefficient (Wildman–Crippen LogP) is 3.39. The molecule has 0 radical (unpaired) electrons. The lowest BCUT2D eigenvalue weighted by atomic mass is 9.99. The lowest BCUT2D eigenvalue weighted by Gasteiger charge is -2.21. The Hall–Kier alpha value is -3.40. The number of aryl methyl sites for hydroxylation is 1. The molecule has 1 amide bonds. The van der Waals surface area contributed by atoms with Gasteiger partial charge in [-0.3, -0.25) is 14.4 Å². The monoisotopic (exact) mass is 423 g/mol. The van der Waals surface area contributed by atoms with Crippen molar-refractivity contribution in [3.8, 4) is 6.07 Å². The van der Waals surface area contributed by atoms with E-state index in [-0.39, 0.29) is 23.9 Å². The molecule has 2 N–H and O–H groups in total. The van der Waals surface area contributed by atoms with Crippen LogP contribution in [0.2, 0.25) is 0 Å². The molecule has 2 aromatic rings. The predicted molar refractivity (Wildman–Crippen MR) is 117 cm³/mol. The number of nitrogens with one attached hydrogen (secondary N) is 2. The Labute approximate surface area is 182 Å². The van der Waals surface area contributed by atoms with Gasteiger partial charge in [0.05, 0.1) is 6.04 Å². The topological polar surface area (TPSA) is 112 Å². The van der Waals surface area contributed by atoms with Gasteiger partial charge < -0.3 is 15.0 Å². The molecule has 31 heavy (non-hydrogen) atoms. The fourth-order valence-corrected chi connectivity index (χ4v) is 3.54. The molecule has 1 aromatic carbocycles. The number of ether oxygens (including phenoxy) is 1. The lowest BCUT2D eigenvalue weighted by molar-refractivity contribution is -0.155. The van der Waals surface area contributed by atoms with Gasteiger partial charge in [0.1, 0.15) is 11.6 Å². The minimum atomic E-state index is -0.928. The Kier molecular flexibility index (Phi) is 8.56. The molecule has 2 atom stereocenters. The Morgan fingerprint density at radius 2 is 1.90 bits per heavy atom. The molecular formula is C24H29N3O4. The maximum Gasteiger partial charge on any atom is 0.306 e. The average molecular weight is 424 g/mol. The van der Waals surface area contributed by atoms with Crippen LogP contribution in [0.25, 0.3) is 0 Å². The molecule has 0 aliphatic heterocycles. The number of hydrogen-bond donors (Lipinski definition) is 2. The number of benzene rings is 1. The number of H-pyrrole nitrogens is 1. The molecule has 7 heteroatoms. The first-order chi connectivity index (χ1) is 14.8. The number of rotatable bonds is 9. The third-order valence-corrected chi connectivity index (χ3v) is 5.27. The Morgan fingerprint density at radius 1 is 1.23 bits per heavy atom. The number of carbonyl (C=O) groups excluding carboxylic acids is 2. The smallest absolute Gasteiger partial charge is 0.306 e. The number of nitriles is 1. The molecule has 0 spiro atoms. The maximum atomic E-state index is 12.6. The number of aromatic amines is 1. The number of hydrogen-bond acceptors (Lipinski definition) is 5. The summed E-state index contributed by atoms with van der Waals surface area (Å²) in [5.74, 6) is -0.864. The summed E-state index contributed by atoms with van der Waals surface area (Å²) in [6, 6.07) is 11.4. The van der Waals surface area contributed by atoms with Crippen molar-refractivity contribution in [2.45, 2.75) is 65.5 Å². The van der Waals surface area contributed by atoms with Crippen LogP contribution in [0.4, 0.5) is 0 Å². The van der Waals surface area contributed by atoms with Crippen LogP contribution >= 0.6 is 0 Å². The summed E-state index contributed by atoms with van der Waals surface area (Å²) in [5.41, 5.74) is 2.53. The number of pyridine rings is 1. The molecule has 0 aliphatic rings. The van der Waals surface area contributed by atoms with Crippen LogP contribution in [0.15, 0.2) is 35.1 Å².